The van der Waals surface area contributed by atoms with Crippen molar-refractivity contribution in [2.75, 3.05) is 19.0 Å². The largest absolute Gasteiger partial charge is 0.501 e. The lowest BCUT2D eigenvalue weighted by molar-refractivity contribution is -0.140. The molecule has 1 aliphatic rings. The molecule has 11 heteroatoms. The third-order valence-corrected chi connectivity index (χ3v) is 6.81. The zero-order valence-corrected chi connectivity index (χ0v) is 24.7. The number of urea groups is 1. The fourth-order valence-electron chi connectivity index (χ4n) is 4.89. The maximum absolute atomic E-state index is 13.5. The highest BCUT2D eigenvalue weighted by Crippen LogP contribution is 2.34. The Labute approximate surface area is 244 Å². The Balaban J connectivity index is 0.000000592. The summed E-state index contributed by atoms with van der Waals surface area (Å²) in [4.78, 5) is 27.8. The molecule has 42 heavy (non-hydrogen) atoms. The summed E-state index contributed by atoms with van der Waals surface area (Å²) in [6, 6.07) is 9.68. The molecule has 0 fully saturated rings. The number of ketones is 1. The van der Waals surface area contributed by atoms with Gasteiger partial charge in [-0.15, -0.1) is 0 Å². The topological polar surface area (TPSA) is 94.5 Å². The molecule has 0 spiro atoms. The van der Waals surface area contributed by atoms with E-state index in [1.165, 1.54) is 19.2 Å². The number of halogens is 4. The summed E-state index contributed by atoms with van der Waals surface area (Å²) in [7, 11) is 1.40. The standard InChI is InChI=1S/C23H19F4N3O3.C8H19N/c1-33-19-4-2-3-18(31)20(19)21(14-7-5-13(12-28)6-8-14)30-22(32)29-15-9-10-17(24)16(11-15)23(25,26)27;1-6-9(7(2)3)8(4)5/h5-11,21H,2-4H2,1H3,(H2,29,30,32);7-8H,6H2,1-5H3. The normalized spacial score (nSPS) is 14.3. The molecular formula is C31H38F4N4O3. The van der Waals surface area contributed by atoms with Crippen LogP contribution in [0.2, 0.25) is 0 Å². The third kappa shape index (κ3) is 9.31. The van der Waals surface area contributed by atoms with Crippen molar-refractivity contribution in [2.24, 2.45) is 0 Å². The van der Waals surface area contributed by atoms with Crippen molar-refractivity contribution >= 4 is 17.5 Å². The minimum absolute atomic E-state index is 0.221. The van der Waals surface area contributed by atoms with Gasteiger partial charge >= 0.3 is 12.2 Å². The van der Waals surface area contributed by atoms with Crippen LogP contribution in [0.4, 0.5) is 28.0 Å². The van der Waals surface area contributed by atoms with Gasteiger partial charge < -0.3 is 15.4 Å². The Morgan fingerprint density at radius 1 is 1.07 bits per heavy atom. The molecule has 7 nitrogen and oxygen atoms in total. The number of anilines is 1. The first kappa shape index (κ1) is 34.3. The number of methoxy groups -OCH3 is 1. The van der Waals surface area contributed by atoms with E-state index in [1.54, 1.807) is 12.1 Å². The number of carbonyl (C=O) groups excluding carboxylic acids is 2. The second kappa shape index (κ2) is 15.4. The predicted octanol–water partition coefficient (Wildman–Crippen LogP) is 7.36. The number of hydrogen-bond donors (Lipinski definition) is 2. The van der Waals surface area contributed by atoms with Crippen molar-refractivity contribution in [1.82, 2.24) is 10.2 Å². The van der Waals surface area contributed by atoms with Crippen molar-refractivity contribution in [2.45, 2.75) is 78.2 Å². The van der Waals surface area contributed by atoms with Gasteiger partial charge in [-0.05, 0) is 76.6 Å². The molecule has 3 rings (SSSR count). The van der Waals surface area contributed by atoms with Gasteiger partial charge in [0.2, 0.25) is 0 Å². The summed E-state index contributed by atoms with van der Waals surface area (Å²) in [6.07, 6.45) is -3.64. The number of nitrogens with one attached hydrogen (secondary N) is 2. The van der Waals surface area contributed by atoms with Crippen LogP contribution < -0.4 is 10.6 Å². The summed E-state index contributed by atoms with van der Waals surface area (Å²) in [6.45, 7) is 12.3. The molecule has 1 aliphatic carbocycles. The van der Waals surface area contributed by atoms with E-state index in [0.717, 1.165) is 12.6 Å². The van der Waals surface area contributed by atoms with Gasteiger partial charge in [0.25, 0.3) is 0 Å². The van der Waals surface area contributed by atoms with Gasteiger partial charge in [0, 0.05) is 30.6 Å². The third-order valence-electron chi connectivity index (χ3n) is 6.81. The van der Waals surface area contributed by atoms with E-state index in [2.05, 4.69) is 50.2 Å². The molecule has 0 aliphatic heterocycles. The minimum atomic E-state index is -4.93. The number of allylic oxidation sites excluding steroid dienone is 1. The number of rotatable bonds is 8. The maximum atomic E-state index is 13.5. The number of hydrogen-bond acceptors (Lipinski definition) is 5. The van der Waals surface area contributed by atoms with E-state index in [4.69, 9.17) is 10.00 Å². The second-order valence-electron chi connectivity index (χ2n) is 10.3. The van der Waals surface area contributed by atoms with Crippen LogP contribution >= 0.6 is 0 Å². The number of alkyl halides is 3. The summed E-state index contributed by atoms with van der Waals surface area (Å²) in [5.74, 6) is -1.32. The van der Waals surface area contributed by atoms with E-state index in [9.17, 15) is 27.2 Å². The van der Waals surface area contributed by atoms with Crippen LogP contribution in [-0.2, 0) is 15.7 Å². The van der Waals surface area contributed by atoms with E-state index in [-0.39, 0.29) is 23.5 Å². The molecule has 0 aromatic heterocycles. The van der Waals surface area contributed by atoms with E-state index < -0.39 is 29.6 Å². The summed E-state index contributed by atoms with van der Waals surface area (Å²) >= 11 is 0. The highest BCUT2D eigenvalue weighted by Gasteiger charge is 2.35. The van der Waals surface area contributed by atoms with Gasteiger partial charge in [-0.1, -0.05) is 19.1 Å². The van der Waals surface area contributed by atoms with Crippen LogP contribution in [0.5, 0.6) is 0 Å². The molecule has 2 aromatic rings. The van der Waals surface area contributed by atoms with Crippen molar-refractivity contribution < 1.29 is 31.9 Å². The Morgan fingerprint density at radius 2 is 1.69 bits per heavy atom. The van der Waals surface area contributed by atoms with Gasteiger partial charge in [-0.3, -0.25) is 9.69 Å². The lowest BCUT2D eigenvalue weighted by Gasteiger charge is -2.28. The Bertz CT molecular complexity index is 1290. The van der Waals surface area contributed by atoms with Gasteiger partial charge in [-0.25, -0.2) is 9.18 Å². The molecule has 0 saturated carbocycles. The average molecular weight is 591 g/mol. The molecule has 228 valence electrons. The zero-order chi connectivity index (χ0) is 31.6. The van der Waals surface area contributed by atoms with Crippen LogP contribution in [0.3, 0.4) is 0 Å². The minimum Gasteiger partial charge on any atom is -0.501 e. The fourth-order valence-corrected chi connectivity index (χ4v) is 4.89. The Hall–Kier alpha value is -3.91. The van der Waals surface area contributed by atoms with E-state index in [0.29, 0.717) is 53.9 Å². The Morgan fingerprint density at radius 3 is 2.17 bits per heavy atom. The quantitative estimate of drug-likeness (QED) is 0.314. The fraction of sp³-hybridized carbons (Fsp3) is 0.452. The number of amides is 2. The SMILES string of the molecule is CCN(C(C)C)C(C)C.COC1=C(C(NC(=O)Nc2ccc(F)c(C(F)(F)F)c2)c2ccc(C#N)cc2)C(=O)CCC1. The van der Waals surface area contributed by atoms with Crippen LogP contribution in [0, 0.1) is 17.1 Å². The molecule has 0 heterocycles. The Kier molecular flexibility index (Phi) is 12.5. The average Bonchev–Trinajstić information content (AvgIpc) is 2.92. The lowest BCUT2D eigenvalue weighted by atomic mass is 9.87. The van der Waals surface area contributed by atoms with Crippen LogP contribution in [0.1, 0.15) is 76.6 Å². The van der Waals surface area contributed by atoms with Crippen LogP contribution in [0.15, 0.2) is 53.8 Å². The number of carbonyl (C=O) groups is 2. The second-order valence-corrected chi connectivity index (χ2v) is 10.3. The van der Waals surface area contributed by atoms with Crippen molar-refractivity contribution in [1.29, 1.82) is 5.26 Å². The number of nitriles is 1. The first-order chi connectivity index (χ1) is 19.7. The molecule has 2 amide bonds. The van der Waals surface area contributed by atoms with E-state index >= 15 is 0 Å². The molecule has 0 radical (unpaired) electrons. The van der Waals surface area contributed by atoms with Gasteiger partial charge in [0.1, 0.15) is 11.6 Å². The highest BCUT2D eigenvalue weighted by molar-refractivity contribution is 5.99. The summed E-state index contributed by atoms with van der Waals surface area (Å²) in [5.41, 5.74) is -0.743. The first-order valence-corrected chi connectivity index (χ1v) is 13.7. The summed E-state index contributed by atoms with van der Waals surface area (Å²) < 4.78 is 57.8. The predicted molar refractivity (Wildman–Crippen MR) is 153 cm³/mol. The van der Waals surface area contributed by atoms with Crippen LogP contribution in [-0.4, -0.2) is 42.5 Å². The van der Waals surface area contributed by atoms with Crippen molar-refractivity contribution in [3.05, 3.63) is 76.3 Å². The number of nitrogens with zero attached hydrogens (tertiary/aromatic N) is 2. The number of ether oxygens (including phenoxy) is 1. The molecule has 2 aromatic carbocycles. The number of Topliss-reactive ketones (excluding diaryl/α,β-unsaturated/α-hetero) is 1. The van der Waals surface area contributed by atoms with Crippen molar-refractivity contribution in [3.8, 4) is 6.07 Å². The van der Waals surface area contributed by atoms with Gasteiger partial charge in [-0.2, -0.15) is 18.4 Å². The highest BCUT2D eigenvalue weighted by atomic mass is 19.4. The first-order valence-electron chi connectivity index (χ1n) is 13.7. The van der Waals surface area contributed by atoms with E-state index in [1.807, 2.05) is 6.07 Å². The zero-order valence-electron chi connectivity index (χ0n) is 24.7. The summed E-state index contributed by atoms with van der Waals surface area (Å²) in [5, 5.41) is 13.9. The molecule has 1 unspecified atom stereocenters. The molecular weight excluding hydrogens is 552 g/mol. The maximum Gasteiger partial charge on any atom is 0.419 e. The lowest BCUT2D eigenvalue weighted by Crippen LogP contribution is -2.36. The monoisotopic (exact) mass is 590 g/mol. The molecule has 1 atom stereocenters. The molecule has 0 bridgehead atoms. The van der Waals surface area contributed by atoms with Gasteiger partial charge in [0.15, 0.2) is 5.78 Å². The van der Waals surface area contributed by atoms with Crippen LogP contribution in [0.25, 0.3) is 0 Å². The van der Waals surface area contributed by atoms with Gasteiger partial charge in [0.05, 0.1) is 35.9 Å². The van der Waals surface area contributed by atoms with Crippen molar-refractivity contribution in [3.63, 3.8) is 0 Å². The number of benzene rings is 2. The smallest absolute Gasteiger partial charge is 0.419 e. The molecule has 2 N–H and O–H groups in total. The molecule has 0 saturated heterocycles.